The number of thiophene rings is 1. The molecule has 2 aromatic heterocycles. The van der Waals surface area contributed by atoms with Crippen LogP contribution in [0.3, 0.4) is 0 Å². The minimum Gasteiger partial charge on any atom is -0.480 e. The molecule has 5 nitrogen and oxygen atoms in total. The van der Waals surface area contributed by atoms with E-state index in [9.17, 15) is 14.7 Å². The second-order valence-corrected chi connectivity index (χ2v) is 7.08. The summed E-state index contributed by atoms with van der Waals surface area (Å²) >= 11 is 1.42. The fourth-order valence-electron chi connectivity index (χ4n) is 3.12. The van der Waals surface area contributed by atoms with Crippen molar-refractivity contribution in [2.75, 3.05) is 0 Å². The van der Waals surface area contributed by atoms with Crippen LogP contribution in [0.1, 0.15) is 36.8 Å². The van der Waals surface area contributed by atoms with Gasteiger partial charge in [-0.05, 0) is 31.9 Å². The fourth-order valence-corrected chi connectivity index (χ4v) is 4.07. The lowest BCUT2D eigenvalue weighted by Gasteiger charge is -2.15. The predicted molar refractivity (Wildman–Crippen MR) is 101 cm³/mol. The van der Waals surface area contributed by atoms with Gasteiger partial charge in [-0.15, -0.1) is 11.3 Å². The van der Waals surface area contributed by atoms with Crippen molar-refractivity contribution in [3.63, 3.8) is 0 Å². The van der Waals surface area contributed by atoms with Crippen LogP contribution >= 0.6 is 11.3 Å². The molecule has 3 aromatic rings. The third-order valence-corrected chi connectivity index (χ3v) is 5.32. The summed E-state index contributed by atoms with van der Waals surface area (Å²) in [5.41, 5.74) is 3.76. The van der Waals surface area contributed by atoms with Crippen LogP contribution in [0.2, 0.25) is 0 Å². The molecule has 0 aliphatic heterocycles. The van der Waals surface area contributed by atoms with E-state index in [2.05, 4.69) is 11.1 Å². The van der Waals surface area contributed by atoms with E-state index in [1.165, 1.54) is 22.8 Å². The highest BCUT2D eigenvalue weighted by Gasteiger charge is 2.23. The summed E-state index contributed by atoms with van der Waals surface area (Å²) in [6.45, 7) is 7.42. The number of hydrogen-bond donors (Lipinski definition) is 1. The number of aromatic nitrogens is 2. The summed E-state index contributed by atoms with van der Waals surface area (Å²) in [6.07, 6.45) is 0.500. The Kier molecular flexibility index (Phi) is 4.47. The van der Waals surface area contributed by atoms with Gasteiger partial charge in [0.05, 0.1) is 5.39 Å². The van der Waals surface area contributed by atoms with E-state index in [0.717, 1.165) is 22.3 Å². The molecule has 0 saturated heterocycles. The summed E-state index contributed by atoms with van der Waals surface area (Å²) in [5.74, 6) is -0.539. The SMILES string of the molecule is CCc1nc2scc(-c3ccc(C)cc3C)c2c(=O)n1C(C)C(=O)O. The molecule has 0 amide bonds. The minimum absolute atomic E-state index is 0.284. The molecule has 2 heterocycles. The van der Waals surface area contributed by atoms with Crippen LogP contribution < -0.4 is 5.56 Å². The molecule has 0 fully saturated rings. The third-order valence-electron chi connectivity index (χ3n) is 4.45. The highest BCUT2D eigenvalue weighted by atomic mass is 32.1. The number of aliphatic carboxylic acids is 1. The molecule has 1 N–H and O–H groups in total. The smallest absolute Gasteiger partial charge is 0.326 e. The van der Waals surface area contributed by atoms with Gasteiger partial charge in [0.1, 0.15) is 16.7 Å². The fraction of sp³-hybridized carbons (Fsp3) is 0.316. The van der Waals surface area contributed by atoms with E-state index in [0.29, 0.717) is 22.5 Å². The van der Waals surface area contributed by atoms with Crippen LogP contribution in [0.5, 0.6) is 0 Å². The van der Waals surface area contributed by atoms with Gasteiger partial charge in [-0.25, -0.2) is 9.78 Å². The summed E-state index contributed by atoms with van der Waals surface area (Å²) in [6, 6.07) is 5.14. The Balaban J connectivity index is 2.36. The van der Waals surface area contributed by atoms with E-state index < -0.39 is 12.0 Å². The summed E-state index contributed by atoms with van der Waals surface area (Å²) < 4.78 is 1.31. The molecule has 0 aliphatic carbocycles. The van der Waals surface area contributed by atoms with Crippen molar-refractivity contribution in [3.05, 3.63) is 50.9 Å². The van der Waals surface area contributed by atoms with Crippen LogP contribution in [-0.2, 0) is 11.2 Å². The number of benzene rings is 1. The lowest BCUT2D eigenvalue weighted by Crippen LogP contribution is -2.31. The first-order valence-electron chi connectivity index (χ1n) is 8.18. The van der Waals surface area contributed by atoms with E-state index in [1.807, 2.05) is 38.3 Å². The van der Waals surface area contributed by atoms with E-state index >= 15 is 0 Å². The first kappa shape index (κ1) is 17.4. The van der Waals surface area contributed by atoms with Crippen molar-refractivity contribution in [2.45, 2.75) is 40.2 Å². The monoisotopic (exact) mass is 356 g/mol. The lowest BCUT2D eigenvalue weighted by atomic mass is 9.99. The number of carbonyl (C=O) groups is 1. The largest absolute Gasteiger partial charge is 0.480 e. The number of fused-ring (bicyclic) bond motifs is 1. The molecule has 130 valence electrons. The molecule has 3 rings (SSSR count). The van der Waals surface area contributed by atoms with Gasteiger partial charge in [-0.2, -0.15) is 0 Å². The molecule has 0 aliphatic rings. The average molecular weight is 356 g/mol. The molecule has 1 atom stereocenters. The van der Waals surface area contributed by atoms with E-state index in [4.69, 9.17) is 0 Å². The van der Waals surface area contributed by atoms with Gasteiger partial charge in [0, 0.05) is 17.4 Å². The van der Waals surface area contributed by atoms with Crippen molar-refractivity contribution in [2.24, 2.45) is 0 Å². The van der Waals surface area contributed by atoms with Crippen molar-refractivity contribution >= 4 is 27.5 Å². The molecule has 25 heavy (non-hydrogen) atoms. The lowest BCUT2D eigenvalue weighted by molar-refractivity contribution is -0.140. The maximum atomic E-state index is 13.2. The highest BCUT2D eigenvalue weighted by Crippen LogP contribution is 2.33. The summed E-state index contributed by atoms with van der Waals surface area (Å²) in [4.78, 5) is 29.8. The Morgan fingerprint density at radius 3 is 2.64 bits per heavy atom. The molecular weight excluding hydrogens is 336 g/mol. The van der Waals surface area contributed by atoms with Crippen molar-refractivity contribution in [1.82, 2.24) is 9.55 Å². The number of nitrogens with zero attached hydrogens (tertiary/aromatic N) is 2. The third kappa shape index (κ3) is 2.87. The van der Waals surface area contributed by atoms with Gasteiger partial charge in [0.2, 0.25) is 0 Å². The van der Waals surface area contributed by atoms with E-state index in [1.54, 1.807) is 0 Å². The Morgan fingerprint density at radius 1 is 1.32 bits per heavy atom. The summed E-state index contributed by atoms with van der Waals surface area (Å²) in [7, 11) is 0. The van der Waals surface area contributed by atoms with Crippen molar-refractivity contribution in [3.8, 4) is 11.1 Å². The Hall–Kier alpha value is -2.47. The van der Waals surface area contributed by atoms with Gasteiger partial charge in [-0.1, -0.05) is 30.7 Å². The maximum absolute atomic E-state index is 13.2. The normalized spacial score (nSPS) is 12.5. The van der Waals surface area contributed by atoms with Crippen LogP contribution in [0.25, 0.3) is 21.3 Å². The zero-order valence-electron chi connectivity index (χ0n) is 14.7. The quantitative estimate of drug-likeness (QED) is 0.768. The van der Waals surface area contributed by atoms with Gasteiger partial charge in [0.15, 0.2) is 0 Å². The zero-order valence-corrected chi connectivity index (χ0v) is 15.5. The van der Waals surface area contributed by atoms with Gasteiger partial charge < -0.3 is 5.11 Å². The first-order chi connectivity index (χ1) is 11.8. The highest BCUT2D eigenvalue weighted by molar-refractivity contribution is 7.17. The molecular formula is C19H20N2O3S. The number of hydrogen-bond acceptors (Lipinski definition) is 4. The standard InChI is InChI=1S/C19H20N2O3S/c1-5-15-20-17-16(18(22)21(15)12(4)19(23)24)14(9-25-17)13-7-6-10(2)8-11(13)3/h6-9,12H,5H2,1-4H3,(H,23,24). The average Bonchev–Trinajstić information content (AvgIpc) is 2.98. The van der Waals surface area contributed by atoms with Gasteiger partial charge >= 0.3 is 5.97 Å². The molecule has 1 aromatic carbocycles. The number of carboxylic acid groups (broad SMARTS) is 1. The van der Waals surface area contributed by atoms with Gasteiger partial charge in [-0.3, -0.25) is 9.36 Å². The second-order valence-electron chi connectivity index (χ2n) is 6.22. The zero-order chi connectivity index (χ0) is 18.3. The Morgan fingerprint density at radius 2 is 2.04 bits per heavy atom. The Bertz CT molecular complexity index is 1030. The van der Waals surface area contributed by atoms with Crippen molar-refractivity contribution < 1.29 is 9.90 Å². The molecule has 0 bridgehead atoms. The predicted octanol–water partition coefficient (Wildman–Crippen LogP) is 3.95. The maximum Gasteiger partial charge on any atom is 0.326 e. The first-order valence-corrected chi connectivity index (χ1v) is 9.06. The topological polar surface area (TPSA) is 72.2 Å². The molecule has 0 saturated carbocycles. The van der Waals surface area contributed by atoms with Crippen LogP contribution in [0.4, 0.5) is 0 Å². The Labute approximate surface area is 149 Å². The van der Waals surface area contributed by atoms with Crippen molar-refractivity contribution in [1.29, 1.82) is 0 Å². The molecule has 0 radical (unpaired) electrons. The minimum atomic E-state index is -1.04. The number of aryl methyl sites for hydroxylation is 3. The summed E-state index contributed by atoms with van der Waals surface area (Å²) in [5, 5.41) is 11.8. The van der Waals surface area contributed by atoms with E-state index in [-0.39, 0.29) is 5.56 Å². The van der Waals surface area contributed by atoms with Crippen LogP contribution in [-0.4, -0.2) is 20.6 Å². The van der Waals surface area contributed by atoms with Crippen LogP contribution in [0, 0.1) is 13.8 Å². The van der Waals surface area contributed by atoms with Gasteiger partial charge in [0.25, 0.3) is 5.56 Å². The molecule has 6 heteroatoms. The second kappa shape index (κ2) is 6.44. The van der Waals surface area contributed by atoms with Crippen LogP contribution in [0.15, 0.2) is 28.4 Å². The molecule has 1 unspecified atom stereocenters. The molecule has 0 spiro atoms. The number of carboxylic acids is 1. The number of rotatable bonds is 4.